The van der Waals surface area contributed by atoms with Gasteiger partial charge in [0, 0.05) is 19.0 Å². The van der Waals surface area contributed by atoms with E-state index >= 15 is 0 Å². The summed E-state index contributed by atoms with van der Waals surface area (Å²) < 4.78 is 26.6. The SMILES string of the molecule is Cc1ccccc1S(=O)(=O)N(CCC#N)C1CC1. The van der Waals surface area contributed by atoms with Crippen molar-refractivity contribution in [3.63, 3.8) is 0 Å². The molecule has 1 aromatic carbocycles. The average molecular weight is 264 g/mol. The molecule has 0 N–H and O–H groups in total. The Hall–Kier alpha value is -1.38. The summed E-state index contributed by atoms with van der Waals surface area (Å²) in [6.45, 7) is 2.08. The molecule has 0 aliphatic heterocycles. The zero-order chi connectivity index (χ0) is 13.2. The van der Waals surface area contributed by atoms with E-state index in [-0.39, 0.29) is 19.0 Å². The summed E-state index contributed by atoms with van der Waals surface area (Å²) in [7, 11) is -3.46. The van der Waals surface area contributed by atoms with E-state index in [4.69, 9.17) is 5.26 Å². The van der Waals surface area contributed by atoms with Crippen LogP contribution in [-0.4, -0.2) is 25.3 Å². The van der Waals surface area contributed by atoms with Gasteiger partial charge in [0.2, 0.25) is 10.0 Å². The van der Waals surface area contributed by atoms with E-state index in [1.165, 1.54) is 4.31 Å². The second kappa shape index (κ2) is 5.09. The zero-order valence-electron chi connectivity index (χ0n) is 10.3. The lowest BCUT2D eigenvalue weighted by Crippen LogP contribution is -2.34. The fourth-order valence-electron chi connectivity index (χ4n) is 1.99. The van der Waals surface area contributed by atoms with Gasteiger partial charge in [-0.3, -0.25) is 0 Å². The maximum atomic E-state index is 12.6. The third-order valence-corrected chi connectivity index (χ3v) is 5.19. The van der Waals surface area contributed by atoms with Crippen LogP contribution < -0.4 is 0 Å². The van der Waals surface area contributed by atoms with Crippen LogP contribution in [-0.2, 0) is 10.0 Å². The number of benzene rings is 1. The van der Waals surface area contributed by atoms with Crippen LogP contribution in [0.15, 0.2) is 29.2 Å². The molecular formula is C13H16N2O2S. The number of hydrogen-bond acceptors (Lipinski definition) is 3. The van der Waals surface area contributed by atoms with E-state index in [1.54, 1.807) is 25.1 Å². The molecule has 4 nitrogen and oxygen atoms in total. The van der Waals surface area contributed by atoms with Crippen LogP contribution in [0.25, 0.3) is 0 Å². The number of nitriles is 1. The zero-order valence-corrected chi connectivity index (χ0v) is 11.2. The summed E-state index contributed by atoms with van der Waals surface area (Å²) in [5.41, 5.74) is 0.750. The molecule has 18 heavy (non-hydrogen) atoms. The Morgan fingerprint density at radius 2 is 2.06 bits per heavy atom. The highest BCUT2D eigenvalue weighted by atomic mass is 32.2. The van der Waals surface area contributed by atoms with Gasteiger partial charge < -0.3 is 0 Å². The van der Waals surface area contributed by atoms with Crippen molar-refractivity contribution in [2.45, 2.75) is 37.1 Å². The van der Waals surface area contributed by atoms with Crippen molar-refractivity contribution in [1.29, 1.82) is 5.26 Å². The monoisotopic (exact) mass is 264 g/mol. The van der Waals surface area contributed by atoms with Crippen molar-refractivity contribution in [2.24, 2.45) is 0 Å². The highest BCUT2D eigenvalue weighted by Crippen LogP contribution is 2.32. The van der Waals surface area contributed by atoms with Crippen LogP contribution in [0.4, 0.5) is 0 Å². The Bertz CT molecular complexity index is 571. The summed E-state index contributed by atoms with van der Waals surface area (Å²) in [6.07, 6.45) is 2.04. The summed E-state index contributed by atoms with van der Waals surface area (Å²) in [6, 6.07) is 9.08. The van der Waals surface area contributed by atoms with Crippen molar-refractivity contribution in [3.05, 3.63) is 29.8 Å². The minimum absolute atomic E-state index is 0.0861. The first-order valence-electron chi connectivity index (χ1n) is 6.02. The maximum Gasteiger partial charge on any atom is 0.243 e. The van der Waals surface area contributed by atoms with Crippen molar-refractivity contribution >= 4 is 10.0 Å². The first-order valence-corrected chi connectivity index (χ1v) is 7.46. The molecule has 2 rings (SSSR count). The molecule has 1 aliphatic rings. The molecule has 0 radical (unpaired) electrons. The Morgan fingerprint density at radius 3 is 2.61 bits per heavy atom. The topological polar surface area (TPSA) is 61.2 Å². The van der Waals surface area contributed by atoms with Gasteiger partial charge in [0.1, 0.15) is 0 Å². The highest BCUT2D eigenvalue weighted by molar-refractivity contribution is 7.89. The first-order chi connectivity index (χ1) is 8.57. The van der Waals surface area contributed by atoms with E-state index in [9.17, 15) is 8.42 Å². The van der Waals surface area contributed by atoms with E-state index in [2.05, 4.69) is 0 Å². The second-order valence-corrected chi connectivity index (χ2v) is 6.38. The van der Waals surface area contributed by atoms with Gasteiger partial charge in [-0.05, 0) is 31.4 Å². The fraction of sp³-hybridized carbons (Fsp3) is 0.462. The molecule has 0 saturated heterocycles. The standard InChI is InChI=1S/C13H16N2O2S/c1-11-5-2-3-6-13(11)18(16,17)15(10-4-9-14)12-7-8-12/h2-3,5-6,12H,4,7-8,10H2,1H3. The number of nitrogens with zero attached hydrogens (tertiary/aromatic N) is 2. The van der Waals surface area contributed by atoms with Crippen molar-refractivity contribution < 1.29 is 8.42 Å². The third-order valence-electron chi connectivity index (χ3n) is 3.08. The molecule has 0 unspecified atom stereocenters. The van der Waals surface area contributed by atoms with Crippen molar-refractivity contribution in [2.75, 3.05) is 6.54 Å². The normalized spacial score (nSPS) is 15.6. The molecule has 5 heteroatoms. The molecule has 0 amide bonds. The van der Waals surface area contributed by atoms with Gasteiger partial charge in [-0.2, -0.15) is 9.57 Å². The largest absolute Gasteiger partial charge is 0.243 e. The first kappa shape index (κ1) is 13.1. The minimum atomic E-state index is -3.46. The van der Waals surface area contributed by atoms with Crippen LogP contribution in [0.5, 0.6) is 0 Å². The predicted molar refractivity (Wildman–Crippen MR) is 68.3 cm³/mol. The lowest BCUT2D eigenvalue weighted by molar-refractivity contribution is 0.410. The van der Waals surface area contributed by atoms with Gasteiger partial charge in [0.15, 0.2) is 0 Å². The van der Waals surface area contributed by atoms with Crippen LogP contribution in [0.3, 0.4) is 0 Å². The van der Waals surface area contributed by atoms with Crippen molar-refractivity contribution in [1.82, 2.24) is 4.31 Å². The quantitative estimate of drug-likeness (QED) is 0.817. The van der Waals surface area contributed by atoms with E-state index in [0.29, 0.717) is 4.90 Å². The average Bonchev–Trinajstić information content (AvgIpc) is 3.14. The molecule has 1 saturated carbocycles. The van der Waals surface area contributed by atoms with Crippen molar-refractivity contribution in [3.8, 4) is 6.07 Å². The van der Waals surface area contributed by atoms with Gasteiger partial charge in [-0.1, -0.05) is 18.2 Å². The molecule has 0 spiro atoms. The molecule has 1 aromatic rings. The third kappa shape index (κ3) is 2.55. The number of hydrogen-bond donors (Lipinski definition) is 0. The van der Waals surface area contributed by atoms with Gasteiger partial charge >= 0.3 is 0 Å². The van der Waals surface area contributed by atoms with Gasteiger partial charge in [0.05, 0.1) is 11.0 Å². The Morgan fingerprint density at radius 1 is 1.39 bits per heavy atom. The Balaban J connectivity index is 2.34. The molecule has 1 aliphatic carbocycles. The molecule has 96 valence electrons. The molecule has 0 bridgehead atoms. The smallest absolute Gasteiger partial charge is 0.207 e. The van der Waals surface area contributed by atoms with Crippen LogP contribution in [0.2, 0.25) is 0 Å². The Kier molecular flexibility index (Phi) is 3.69. The summed E-state index contributed by atoms with van der Waals surface area (Å²) in [5.74, 6) is 0. The number of aryl methyl sites for hydroxylation is 1. The lowest BCUT2D eigenvalue weighted by atomic mass is 10.2. The molecule has 0 aromatic heterocycles. The summed E-state index contributed by atoms with van der Waals surface area (Å²) in [5, 5.41) is 8.64. The van der Waals surface area contributed by atoms with E-state index in [1.807, 2.05) is 12.1 Å². The van der Waals surface area contributed by atoms with Gasteiger partial charge in [-0.25, -0.2) is 8.42 Å². The summed E-state index contributed by atoms with van der Waals surface area (Å²) >= 11 is 0. The van der Waals surface area contributed by atoms with Crippen LogP contribution >= 0.6 is 0 Å². The molecule has 0 heterocycles. The molecular weight excluding hydrogens is 248 g/mol. The number of rotatable bonds is 5. The predicted octanol–water partition coefficient (Wildman–Crippen LogP) is 2.06. The second-order valence-electron chi connectivity index (χ2n) is 4.52. The molecule has 1 fully saturated rings. The van der Waals surface area contributed by atoms with Crippen LogP contribution in [0.1, 0.15) is 24.8 Å². The van der Waals surface area contributed by atoms with E-state index < -0.39 is 10.0 Å². The molecule has 0 atom stereocenters. The highest BCUT2D eigenvalue weighted by Gasteiger charge is 2.38. The van der Waals surface area contributed by atoms with Gasteiger partial charge in [0.25, 0.3) is 0 Å². The van der Waals surface area contributed by atoms with Crippen LogP contribution in [0, 0.1) is 18.3 Å². The lowest BCUT2D eigenvalue weighted by Gasteiger charge is -2.21. The fourth-order valence-corrected chi connectivity index (χ4v) is 3.91. The summed E-state index contributed by atoms with van der Waals surface area (Å²) in [4.78, 5) is 0.356. The minimum Gasteiger partial charge on any atom is -0.207 e. The van der Waals surface area contributed by atoms with E-state index in [0.717, 1.165) is 18.4 Å². The Labute approximate surface area is 108 Å². The van der Waals surface area contributed by atoms with Gasteiger partial charge in [-0.15, -0.1) is 0 Å². The maximum absolute atomic E-state index is 12.6. The number of sulfonamides is 1.